The lowest BCUT2D eigenvalue weighted by molar-refractivity contribution is 0.187. The molecule has 2 N–H and O–H groups in total. The van der Waals surface area contributed by atoms with Gasteiger partial charge in [-0.05, 0) is 31.5 Å². The Bertz CT molecular complexity index is 342. The van der Waals surface area contributed by atoms with E-state index >= 15 is 0 Å². The van der Waals surface area contributed by atoms with Gasteiger partial charge in [-0.25, -0.2) is 0 Å². The fourth-order valence-electron chi connectivity index (χ4n) is 1.06. The van der Waals surface area contributed by atoms with Gasteiger partial charge < -0.3 is 10.4 Å². The molecule has 0 aliphatic heterocycles. The van der Waals surface area contributed by atoms with Crippen LogP contribution in [0.15, 0.2) is 18.2 Å². The van der Waals surface area contributed by atoms with Gasteiger partial charge in [0.15, 0.2) is 0 Å². The molecular weight excluding hydrogens is 268 g/mol. The molecule has 1 rings (SSSR count). The molecular formula is C11H16Cl3NO. The summed E-state index contributed by atoms with van der Waals surface area (Å²) in [7, 11) is 0. The van der Waals surface area contributed by atoms with Gasteiger partial charge in [-0.2, -0.15) is 0 Å². The van der Waals surface area contributed by atoms with Crippen LogP contribution in [-0.2, 0) is 6.54 Å². The van der Waals surface area contributed by atoms with E-state index < -0.39 is 0 Å². The normalized spacial score (nSPS) is 11.1. The Morgan fingerprint density at radius 1 is 1.31 bits per heavy atom. The van der Waals surface area contributed by atoms with Crippen molar-refractivity contribution in [1.82, 2.24) is 5.32 Å². The molecule has 0 aliphatic carbocycles. The van der Waals surface area contributed by atoms with Crippen LogP contribution in [0.25, 0.3) is 0 Å². The molecule has 5 heteroatoms. The first kappa shape index (κ1) is 16.0. The molecule has 1 aromatic rings. The van der Waals surface area contributed by atoms with Gasteiger partial charge in [0, 0.05) is 22.1 Å². The topological polar surface area (TPSA) is 32.3 Å². The van der Waals surface area contributed by atoms with Crippen molar-refractivity contribution in [3.05, 3.63) is 33.8 Å². The van der Waals surface area contributed by atoms with Gasteiger partial charge in [-0.1, -0.05) is 29.3 Å². The maximum atomic E-state index is 9.07. The fourth-order valence-corrected chi connectivity index (χ4v) is 1.53. The number of hydrogen-bond donors (Lipinski definition) is 2. The van der Waals surface area contributed by atoms with Gasteiger partial charge in [0.05, 0.1) is 6.61 Å². The highest BCUT2D eigenvalue weighted by atomic mass is 35.5. The molecule has 0 amide bonds. The molecule has 0 radical (unpaired) electrons. The lowest BCUT2D eigenvalue weighted by atomic mass is 10.1. The standard InChI is InChI=1S/C11H15Cl2NO.ClH/c1-11(2,7-15)14-6-8-3-4-9(12)5-10(8)13;/h3-5,14-15H,6-7H2,1-2H3;1H. The number of hydrogen-bond acceptors (Lipinski definition) is 2. The minimum Gasteiger partial charge on any atom is -0.394 e. The number of aliphatic hydroxyl groups excluding tert-OH is 1. The summed E-state index contributed by atoms with van der Waals surface area (Å²) >= 11 is 11.8. The third-order valence-electron chi connectivity index (χ3n) is 2.17. The first-order valence-corrected chi connectivity index (χ1v) is 5.50. The van der Waals surface area contributed by atoms with Crippen molar-refractivity contribution in [1.29, 1.82) is 0 Å². The third-order valence-corrected chi connectivity index (χ3v) is 2.75. The molecule has 92 valence electrons. The average molecular weight is 285 g/mol. The maximum Gasteiger partial charge on any atom is 0.0607 e. The predicted octanol–water partition coefficient (Wildman–Crippen LogP) is 3.28. The van der Waals surface area contributed by atoms with E-state index in [0.29, 0.717) is 16.6 Å². The Balaban J connectivity index is 0.00000225. The molecule has 0 saturated heterocycles. The third kappa shape index (κ3) is 4.89. The van der Waals surface area contributed by atoms with E-state index in [1.807, 2.05) is 19.9 Å². The number of rotatable bonds is 4. The second-order valence-electron chi connectivity index (χ2n) is 4.13. The summed E-state index contributed by atoms with van der Waals surface area (Å²) in [6.45, 7) is 4.55. The van der Waals surface area contributed by atoms with Crippen molar-refractivity contribution in [3.63, 3.8) is 0 Å². The Morgan fingerprint density at radius 2 is 1.94 bits per heavy atom. The van der Waals surface area contributed by atoms with Crippen molar-refractivity contribution >= 4 is 35.6 Å². The minimum absolute atomic E-state index is 0. The number of halogens is 3. The Hall–Kier alpha value is 0.01000. The van der Waals surface area contributed by atoms with E-state index in [0.717, 1.165) is 5.56 Å². The molecule has 0 unspecified atom stereocenters. The van der Waals surface area contributed by atoms with Crippen LogP contribution in [0.2, 0.25) is 10.0 Å². The molecule has 2 nitrogen and oxygen atoms in total. The summed E-state index contributed by atoms with van der Waals surface area (Å²) in [4.78, 5) is 0. The van der Waals surface area contributed by atoms with Gasteiger partial charge in [0.2, 0.25) is 0 Å². The van der Waals surface area contributed by atoms with Gasteiger partial charge in [0.1, 0.15) is 0 Å². The lowest BCUT2D eigenvalue weighted by Crippen LogP contribution is -2.42. The second kappa shape index (κ2) is 6.67. The largest absolute Gasteiger partial charge is 0.394 e. The van der Waals surface area contributed by atoms with Crippen molar-refractivity contribution < 1.29 is 5.11 Å². The summed E-state index contributed by atoms with van der Waals surface area (Å²) in [5.74, 6) is 0. The number of benzene rings is 1. The Labute approximate surface area is 112 Å². The molecule has 0 aromatic heterocycles. The van der Waals surface area contributed by atoms with Crippen molar-refractivity contribution in [2.75, 3.05) is 6.61 Å². The summed E-state index contributed by atoms with van der Waals surface area (Å²) in [6.07, 6.45) is 0. The average Bonchev–Trinajstić information content (AvgIpc) is 2.16. The molecule has 0 atom stereocenters. The zero-order valence-corrected chi connectivity index (χ0v) is 11.6. The predicted molar refractivity (Wildman–Crippen MR) is 71.7 cm³/mol. The van der Waals surface area contributed by atoms with E-state index in [1.165, 1.54) is 0 Å². The molecule has 0 bridgehead atoms. The smallest absolute Gasteiger partial charge is 0.0607 e. The quantitative estimate of drug-likeness (QED) is 0.889. The summed E-state index contributed by atoms with van der Waals surface area (Å²) < 4.78 is 0. The minimum atomic E-state index is -0.303. The SMILES string of the molecule is CC(C)(CO)NCc1ccc(Cl)cc1Cl.Cl. The van der Waals surface area contributed by atoms with Crippen LogP contribution in [0.3, 0.4) is 0 Å². The van der Waals surface area contributed by atoms with Crippen molar-refractivity contribution in [2.24, 2.45) is 0 Å². The zero-order valence-electron chi connectivity index (χ0n) is 9.26. The molecule has 0 saturated carbocycles. The highest BCUT2D eigenvalue weighted by Crippen LogP contribution is 2.21. The molecule has 0 aliphatic rings. The highest BCUT2D eigenvalue weighted by molar-refractivity contribution is 6.35. The van der Waals surface area contributed by atoms with Crippen LogP contribution in [0.4, 0.5) is 0 Å². The monoisotopic (exact) mass is 283 g/mol. The number of aliphatic hydroxyl groups is 1. The van der Waals surface area contributed by atoms with Crippen LogP contribution in [0.1, 0.15) is 19.4 Å². The van der Waals surface area contributed by atoms with E-state index in [9.17, 15) is 0 Å². The molecule has 0 heterocycles. The molecule has 16 heavy (non-hydrogen) atoms. The zero-order chi connectivity index (χ0) is 11.5. The maximum absolute atomic E-state index is 9.07. The van der Waals surface area contributed by atoms with Crippen LogP contribution < -0.4 is 5.32 Å². The van der Waals surface area contributed by atoms with Crippen LogP contribution >= 0.6 is 35.6 Å². The molecule has 0 spiro atoms. The Kier molecular flexibility index (Phi) is 6.68. The highest BCUT2D eigenvalue weighted by Gasteiger charge is 2.15. The van der Waals surface area contributed by atoms with E-state index in [4.69, 9.17) is 28.3 Å². The van der Waals surface area contributed by atoms with E-state index in [2.05, 4.69) is 5.32 Å². The first-order valence-electron chi connectivity index (χ1n) is 4.74. The summed E-state index contributed by atoms with van der Waals surface area (Å²) in [5.41, 5.74) is 0.672. The van der Waals surface area contributed by atoms with Gasteiger partial charge in [0.25, 0.3) is 0 Å². The van der Waals surface area contributed by atoms with Crippen LogP contribution in [0, 0.1) is 0 Å². The summed E-state index contributed by atoms with van der Waals surface area (Å²) in [6, 6.07) is 5.40. The molecule has 0 fully saturated rings. The van der Waals surface area contributed by atoms with Crippen molar-refractivity contribution in [2.45, 2.75) is 25.9 Å². The number of nitrogens with one attached hydrogen (secondary N) is 1. The second-order valence-corrected chi connectivity index (χ2v) is 4.97. The molecule has 1 aromatic carbocycles. The van der Waals surface area contributed by atoms with Gasteiger partial charge >= 0.3 is 0 Å². The van der Waals surface area contributed by atoms with Crippen molar-refractivity contribution in [3.8, 4) is 0 Å². The van der Waals surface area contributed by atoms with Gasteiger partial charge in [-0.15, -0.1) is 12.4 Å². The van der Waals surface area contributed by atoms with E-state index in [-0.39, 0.29) is 24.6 Å². The van der Waals surface area contributed by atoms with Crippen LogP contribution in [-0.4, -0.2) is 17.3 Å². The Morgan fingerprint density at radius 3 is 2.44 bits per heavy atom. The fraction of sp³-hybridized carbons (Fsp3) is 0.455. The van der Waals surface area contributed by atoms with Gasteiger partial charge in [-0.3, -0.25) is 0 Å². The summed E-state index contributed by atoms with van der Waals surface area (Å²) in [5, 5.41) is 13.5. The van der Waals surface area contributed by atoms with Crippen LogP contribution in [0.5, 0.6) is 0 Å². The van der Waals surface area contributed by atoms with E-state index in [1.54, 1.807) is 12.1 Å². The first-order chi connectivity index (χ1) is 6.94. The lowest BCUT2D eigenvalue weighted by Gasteiger charge is -2.23.